The lowest BCUT2D eigenvalue weighted by Gasteiger charge is -2.26. The number of nitrogens with zero attached hydrogens (tertiary/aromatic N) is 2. The number of aromatic nitrogens is 1. The lowest BCUT2D eigenvalue weighted by molar-refractivity contribution is 0.595. The van der Waals surface area contributed by atoms with Gasteiger partial charge in [-0.25, -0.2) is 0 Å². The van der Waals surface area contributed by atoms with Gasteiger partial charge in [0.15, 0.2) is 0 Å². The molecule has 1 aliphatic rings. The minimum Gasteiger partial charge on any atom is -0.456 e. The van der Waals surface area contributed by atoms with Gasteiger partial charge in [-0.2, -0.15) is 0 Å². The molecule has 0 bridgehead atoms. The van der Waals surface area contributed by atoms with Crippen LogP contribution in [0, 0.1) is 0 Å². The van der Waals surface area contributed by atoms with Crippen LogP contribution in [0.4, 0.5) is 17.1 Å². The Morgan fingerprint density at radius 2 is 1.03 bits per heavy atom. The first-order valence-corrected chi connectivity index (χ1v) is 22.5. The Balaban J connectivity index is 0.898. The van der Waals surface area contributed by atoms with E-state index in [4.69, 9.17) is 4.42 Å². The van der Waals surface area contributed by atoms with Gasteiger partial charge in [-0.15, -0.1) is 0 Å². The number of benzene rings is 10. The molecule has 0 unspecified atom stereocenters. The molecule has 10 aromatic carbocycles. The minimum absolute atomic E-state index is 0.934. The summed E-state index contributed by atoms with van der Waals surface area (Å²) < 4.78 is 8.75. The quantitative estimate of drug-likeness (QED) is 0.149. The van der Waals surface area contributed by atoms with Crippen molar-refractivity contribution in [2.45, 2.75) is 12.8 Å². The van der Waals surface area contributed by atoms with Crippen LogP contribution in [0.1, 0.15) is 17.7 Å². The zero-order valence-electron chi connectivity index (χ0n) is 35.7. The van der Waals surface area contributed by atoms with E-state index in [2.05, 4.69) is 240 Å². The van der Waals surface area contributed by atoms with E-state index in [1.165, 1.54) is 87.7 Å². The van der Waals surface area contributed by atoms with Gasteiger partial charge in [0.05, 0.1) is 11.0 Å². The largest absolute Gasteiger partial charge is 0.456 e. The van der Waals surface area contributed by atoms with Gasteiger partial charge in [0, 0.05) is 50.0 Å². The Morgan fingerprint density at radius 1 is 0.431 bits per heavy atom. The highest BCUT2D eigenvalue weighted by atomic mass is 16.3. The highest BCUT2D eigenvalue weighted by Crippen LogP contribution is 2.44. The van der Waals surface area contributed by atoms with E-state index in [9.17, 15) is 0 Å². The van der Waals surface area contributed by atoms with Crippen LogP contribution < -0.4 is 4.90 Å². The molecule has 306 valence electrons. The van der Waals surface area contributed by atoms with Gasteiger partial charge >= 0.3 is 0 Å². The van der Waals surface area contributed by atoms with Gasteiger partial charge < -0.3 is 13.9 Å². The number of rotatable bonds is 7. The molecule has 65 heavy (non-hydrogen) atoms. The van der Waals surface area contributed by atoms with E-state index in [1.54, 1.807) is 0 Å². The Morgan fingerprint density at radius 3 is 1.78 bits per heavy atom. The van der Waals surface area contributed by atoms with Crippen molar-refractivity contribution < 1.29 is 4.42 Å². The molecule has 0 N–H and O–H groups in total. The molecule has 0 fully saturated rings. The van der Waals surface area contributed by atoms with Crippen molar-refractivity contribution >= 4 is 77.5 Å². The van der Waals surface area contributed by atoms with Gasteiger partial charge in [0.1, 0.15) is 11.3 Å². The summed E-state index contributed by atoms with van der Waals surface area (Å²) in [6, 6.07) is 79.7. The summed E-state index contributed by atoms with van der Waals surface area (Å²) in [7, 11) is 0. The van der Waals surface area contributed by atoms with Crippen molar-refractivity contribution in [1.82, 2.24) is 4.57 Å². The fourth-order valence-electron chi connectivity index (χ4n) is 10.4. The van der Waals surface area contributed by atoms with Crippen molar-refractivity contribution in [3.8, 4) is 39.1 Å². The SMILES string of the molecule is C1=Cc2oc3ccc(N(c4ccc(-c5ccccc5)cc4)c4ccc(-c5ccc(-c6cccc7c8c9c(ccc%10ccccc%109)ccc8n(-c8ccccc8)c67)cc5)cc4)cc3c2CC1. The van der Waals surface area contributed by atoms with Crippen molar-refractivity contribution in [3.63, 3.8) is 0 Å². The maximum Gasteiger partial charge on any atom is 0.135 e. The fourth-order valence-corrected chi connectivity index (χ4v) is 10.4. The van der Waals surface area contributed by atoms with E-state index < -0.39 is 0 Å². The number of furan rings is 1. The van der Waals surface area contributed by atoms with E-state index >= 15 is 0 Å². The highest BCUT2D eigenvalue weighted by molar-refractivity contribution is 6.29. The first-order chi connectivity index (χ1) is 32.2. The summed E-state index contributed by atoms with van der Waals surface area (Å²) in [6.07, 6.45) is 6.35. The number of allylic oxidation sites excluding steroid dienone is 1. The first-order valence-electron chi connectivity index (χ1n) is 22.5. The number of fused-ring (bicyclic) bond motifs is 10. The number of para-hydroxylation sites is 2. The van der Waals surface area contributed by atoms with Crippen molar-refractivity contribution in [2.24, 2.45) is 0 Å². The second-order valence-corrected chi connectivity index (χ2v) is 17.2. The molecule has 3 heteroatoms. The molecule has 13 rings (SSSR count). The molecule has 0 radical (unpaired) electrons. The molecule has 3 nitrogen and oxygen atoms in total. The number of anilines is 3. The highest BCUT2D eigenvalue weighted by Gasteiger charge is 2.21. The normalized spacial score (nSPS) is 12.4. The molecule has 12 aromatic rings. The van der Waals surface area contributed by atoms with Crippen LogP contribution in [0.5, 0.6) is 0 Å². The van der Waals surface area contributed by atoms with Crippen LogP contribution in [0.2, 0.25) is 0 Å². The van der Waals surface area contributed by atoms with Gasteiger partial charge in [-0.1, -0.05) is 164 Å². The summed E-state index contributed by atoms with van der Waals surface area (Å²) in [5.74, 6) is 0.982. The topological polar surface area (TPSA) is 21.3 Å². The molecule has 0 saturated heterocycles. The minimum atomic E-state index is 0.934. The zero-order valence-corrected chi connectivity index (χ0v) is 35.7. The molecule has 0 spiro atoms. The lowest BCUT2D eigenvalue weighted by Crippen LogP contribution is -2.09. The Bertz CT molecular complexity index is 3780. The summed E-state index contributed by atoms with van der Waals surface area (Å²) in [4.78, 5) is 2.36. The second-order valence-electron chi connectivity index (χ2n) is 17.2. The Kier molecular flexibility index (Phi) is 8.67. The number of aryl methyl sites for hydroxylation is 1. The van der Waals surface area contributed by atoms with E-state index in [-0.39, 0.29) is 0 Å². The average molecular weight is 831 g/mol. The molecule has 0 atom stereocenters. The zero-order chi connectivity index (χ0) is 42.8. The van der Waals surface area contributed by atoms with Crippen molar-refractivity contribution in [2.75, 3.05) is 4.90 Å². The Labute approximate surface area is 377 Å². The predicted molar refractivity (Wildman–Crippen MR) is 274 cm³/mol. The standard InChI is InChI=1S/C62H42N2O/c1-3-12-41(13-4-1)43-28-33-49(34-29-43)63(51-37-39-59-56(40-51)54-18-9-10-21-58(54)65-59)50-35-30-44(31-36-50)42-22-24-46(25-23-42)53-19-11-20-55-61-57(64(62(53)55)48-15-5-2-6-16-48)38-32-47-27-26-45-14-7-8-17-52(45)60(47)61/h1-8,10-17,19-40H,9,18H2. The van der Waals surface area contributed by atoms with Gasteiger partial charge in [0.25, 0.3) is 0 Å². The molecule has 0 saturated carbocycles. The molecule has 2 aromatic heterocycles. The summed E-state index contributed by atoms with van der Waals surface area (Å²) in [6.45, 7) is 0. The maximum atomic E-state index is 6.29. The van der Waals surface area contributed by atoms with Crippen LogP contribution >= 0.6 is 0 Å². The first kappa shape index (κ1) is 37.2. The molecule has 1 aliphatic carbocycles. The summed E-state index contributed by atoms with van der Waals surface area (Å²) in [5.41, 5.74) is 16.2. The van der Waals surface area contributed by atoms with Crippen LogP contribution in [-0.4, -0.2) is 4.57 Å². The molecular formula is C62H42N2O. The van der Waals surface area contributed by atoms with E-state index in [0.29, 0.717) is 0 Å². The van der Waals surface area contributed by atoms with Crippen LogP contribution in [0.25, 0.3) is 99.5 Å². The van der Waals surface area contributed by atoms with Crippen molar-refractivity contribution in [1.29, 1.82) is 0 Å². The second kappa shape index (κ2) is 15.1. The van der Waals surface area contributed by atoms with Gasteiger partial charge in [0.2, 0.25) is 0 Å². The van der Waals surface area contributed by atoms with E-state index in [1.807, 2.05) is 0 Å². The smallest absolute Gasteiger partial charge is 0.135 e. The number of hydrogen-bond acceptors (Lipinski definition) is 2. The van der Waals surface area contributed by atoms with Crippen LogP contribution in [-0.2, 0) is 6.42 Å². The third kappa shape index (κ3) is 6.19. The predicted octanol–water partition coefficient (Wildman–Crippen LogP) is 17.3. The molecule has 2 heterocycles. The van der Waals surface area contributed by atoms with Crippen LogP contribution in [0.3, 0.4) is 0 Å². The van der Waals surface area contributed by atoms with E-state index in [0.717, 1.165) is 46.9 Å². The lowest BCUT2D eigenvalue weighted by atomic mass is 9.95. The fraction of sp³-hybridized carbons (Fsp3) is 0.0323. The molecular weight excluding hydrogens is 789 g/mol. The van der Waals surface area contributed by atoms with Crippen molar-refractivity contribution in [3.05, 3.63) is 236 Å². The van der Waals surface area contributed by atoms with Crippen LogP contribution in [0.15, 0.2) is 229 Å². The monoisotopic (exact) mass is 830 g/mol. The van der Waals surface area contributed by atoms with Gasteiger partial charge in [-0.05, 0) is 129 Å². The number of hydrogen-bond donors (Lipinski definition) is 0. The maximum absolute atomic E-state index is 6.29. The third-order valence-corrected chi connectivity index (χ3v) is 13.5. The summed E-state index contributed by atoms with van der Waals surface area (Å²) >= 11 is 0. The van der Waals surface area contributed by atoms with Gasteiger partial charge in [-0.3, -0.25) is 0 Å². The average Bonchev–Trinajstić information content (AvgIpc) is 3.93. The molecule has 0 aliphatic heterocycles. The molecule has 0 amide bonds. The summed E-state index contributed by atoms with van der Waals surface area (Å²) in [5, 5.41) is 8.82. The third-order valence-electron chi connectivity index (χ3n) is 13.5. The Hall–Kier alpha value is -8.40.